The Morgan fingerprint density at radius 1 is 1.37 bits per heavy atom. The van der Waals surface area contributed by atoms with Crippen LogP contribution in [0.3, 0.4) is 0 Å². The fraction of sp³-hybridized carbons (Fsp3) is 0.667. The van der Waals surface area contributed by atoms with E-state index in [4.69, 9.17) is 11.6 Å². The molecule has 1 aromatic heterocycles. The van der Waals surface area contributed by atoms with E-state index in [-0.39, 0.29) is 17.3 Å². The third kappa shape index (κ3) is 3.72. The Morgan fingerprint density at radius 2 is 2.05 bits per heavy atom. The molecule has 1 heterocycles. The molecule has 2 rings (SSSR count). The maximum atomic E-state index is 12.6. The Kier molecular flexibility index (Phi) is 3.64. The summed E-state index contributed by atoms with van der Waals surface area (Å²) in [6, 6.07) is 1.03. The second-order valence-electron chi connectivity index (χ2n) is 5.65. The Labute approximate surface area is 114 Å². The molecule has 1 unspecified atom stereocenters. The van der Waals surface area contributed by atoms with Crippen LogP contribution in [-0.2, 0) is 6.18 Å². The number of hydrogen-bond donors (Lipinski definition) is 1. The van der Waals surface area contributed by atoms with Crippen LogP contribution in [0.4, 0.5) is 19.0 Å². The minimum absolute atomic E-state index is 0.127. The van der Waals surface area contributed by atoms with Gasteiger partial charge in [-0.05, 0) is 36.3 Å². The molecule has 3 nitrogen and oxygen atoms in total. The summed E-state index contributed by atoms with van der Waals surface area (Å²) in [5.41, 5.74) is -0.811. The fourth-order valence-electron chi connectivity index (χ4n) is 2.41. The number of alkyl halides is 3. The molecule has 0 saturated heterocycles. The molecule has 0 spiro atoms. The first-order valence-electron chi connectivity index (χ1n) is 6.04. The third-order valence-electron chi connectivity index (χ3n) is 3.31. The summed E-state index contributed by atoms with van der Waals surface area (Å²) in [5, 5.41) is 2.62. The summed E-state index contributed by atoms with van der Waals surface area (Å²) in [6.45, 7) is 4.28. The van der Waals surface area contributed by atoms with Crippen LogP contribution in [0.2, 0.25) is 5.28 Å². The van der Waals surface area contributed by atoms with E-state index < -0.39 is 17.2 Å². The van der Waals surface area contributed by atoms with Crippen molar-refractivity contribution in [2.75, 3.05) is 5.32 Å². The molecule has 1 saturated carbocycles. The van der Waals surface area contributed by atoms with Crippen molar-refractivity contribution in [3.05, 3.63) is 17.0 Å². The van der Waals surface area contributed by atoms with Crippen LogP contribution in [0.5, 0.6) is 0 Å². The lowest BCUT2D eigenvalue weighted by Crippen LogP contribution is -2.19. The highest BCUT2D eigenvalue weighted by molar-refractivity contribution is 6.28. The maximum absolute atomic E-state index is 12.6. The lowest BCUT2D eigenvalue weighted by molar-refractivity contribution is -0.141. The molecule has 0 bridgehead atoms. The Morgan fingerprint density at radius 3 is 2.58 bits per heavy atom. The summed E-state index contributed by atoms with van der Waals surface area (Å²) >= 11 is 5.54. The molecular formula is C12H15ClF3N3. The van der Waals surface area contributed by atoms with E-state index in [2.05, 4.69) is 29.1 Å². The van der Waals surface area contributed by atoms with Crippen molar-refractivity contribution in [1.82, 2.24) is 9.97 Å². The SMILES string of the molecule is CC1(C)CCC(Nc2cc(C(F)(F)F)nc(Cl)n2)C1. The van der Waals surface area contributed by atoms with Gasteiger partial charge in [-0.25, -0.2) is 9.97 Å². The van der Waals surface area contributed by atoms with Crippen LogP contribution in [-0.4, -0.2) is 16.0 Å². The maximum Gasteiger partial charge on any atom is 0.433 e. The highest BCUT2D eigenvalue weighted by atomic mass is 35.5. The summed E-state index contributed by atoms with van der Waals surface area (Å²) in [4.78, 5) is 7.00. The highest BCUT2D eigenvalue weighted by Gasteiger charge is 2.35. The van der Waals surface area contributed by atoms with Crippen LogP contribution >= 0.6 is 11.6 Å². The van der Waals surface area contributed by atoms with E-state index >= 15 is 0 Å². The molecule has 0 aromatic carbocycles. The molecule has 0 aliphatic heterocycles. The summed E-state index contributed by atoms with van der Waals surface area (Å²) < 4.78 is 37.8. The summed E-state index contributed by atoms with van der Waals surface area (Å²) in [6.07, 6.45) is -1.67. The van der Waals surface area contributed by atoms with Gasteiger partial charge in [0.25, 0.3) is 0 Å². The van der Waals surface area contributed by atoms with Gasteiger partial charge in [0.15, 0.2) is 5.69 Å². The van der Waals surface area contributed by atoms with Gasteiger partial charge in [-0.1, -0.05) is 13.8 Å². The van der Waals surface area contributed by atoms with Gasteiger partial charge in [-0.15, -0.1) is 0 Å². The second kappa shape index (κ2) is 4.81. The molecule has 1 aliphatic rings. The number of anilines is 1. The monoisotopic (exact) mass is 293 g/mol. The molecule has 0 amide bonds. The highest BCUT2D eigenvalue weighted by Crippen LogP contribution is 2.38. The van der Waals surface area contributed by atoms with Crippen LogP contribution in [0, 0.1) is 5.41 Å². The average molecular weight is 294 g/mol. The first-order valence-corrected chi connectivity index (χ1v) is 6.42. The second-order valence-corrected chi connectivity index (χ2v) is 5.99. The van der Waals surface area contributed by atoms with E-state index in [0.717, 1.165) is 25.3 Å². The van der Waals surface area contributed by atoms with Gasteiger partial charge in [0.05, 0.1) is 0 Å². The summed E-state index contributed by atoms with van der Waals surface area (Å²) in [5.74, 6) is 0.134. The quantitative estimate of drug-likeness (QED) is 0.833. The van der Waals surface area contributed by atoms with Crippen LogP contribution in [0.15, 0.2) is 6.07 Å². The van der Waals surface area contributed by atoms with E-state index in [1.807, 2.05) is 0 Å². The molecule has 7 heteroatoms. The number of halogens is 4. The zero-order chi connectivity index (χ0) is 14.3. The molecule has 1 atom stereocenters. The molecule has 106 valence electrons. The minimum Gasteiger partial charge on any atom is -0.367 e. The fourth-order valence-corrected chi connectivity index (χ4v) is 2.59. The van der Waals surface area contributed by atoms with Crippen molar-refractivity contribution < 1.29 is 13.2 Å². The smallest absolute Gasteiger partial charge is 0.367 e. The van der Waals surface area contributed by atoms with Gasteiger partial charge in [0.1, 0.15) is 5.82 Å². The molecule has 1 aromatic rings. The number of hydrogen-bond acceptors (Lipinski definition) is 3. The van der Waals surface area contributed by atoms with Crippen molar-refractivity contribution in [2.24, 2.45) is 5.41 Å². The van der Waals surface area contributed by atoms with E-state index in [9.17, 15) is 13.2 Å². The average Bonchev–Trinajstić information content (AvgIpc) is 2.55. The normalized spacial score (nSPS) is 22.5. The molecule has 1 aliphatic carbocycles. The van der Waals surface area contributed by atoms with Crippen molar-refractivity contribution in [3.8, 4) is 0 Å². The van der Waals surface area contributed by atoms with Crippen LogP contribution in [0.1, 0.15) is 38.8 Å². The number of nitrogens with zero attached hydrogens (tertiary/aromatic N) is 2. The topological polar surface area (TPSA) is 37.8 Å². The zero-order valence-electron chi connectivity index (χ0n) is 10.7. The number of aromatic nitrogens is 2. The largest absolute Gasteiger partial charge is 0.433 e. The number of nitrogens with one attached hydrogen (secondary N) is 1. The van der Waals surface area contributed by atoms with Crippen molar-refractivity contribution >= 4 is 17.4 Å². The molecule has 1 fully saturated rings. The summed E-state index contributed by atoms with van der Waals surface area (Å²) in [7, 11) is 0. The van der Waals surface area contributed by atoms with Gasteiger partial charge >= 0.3 is 6.18 Å². The van der Waals surface area contributed by atoms with Gasteiger partial charge in [-0.2, -0.15) is 13.2 Å². The number of rotatable bonds is 2. The molecule has 0 radical (unpaired) electrons. The van der Waals surface area contributed by atoms with Gasteiger partial charge in [0, 0.05) is 12.1 Å². The standard InChI is InChI=1S/C12H15ClF3N3/c1-11(2)4-3-7(6-11)17-9-5-8(12(14,15)16)18-10(13)19-9/h5,7H,3-4,6H2,1-2H3,(H,17,18,19). The van der Waals surface area contributed by atoms with Gasteiger partial charge in [-0.3, -0.25) is 0 Å². The molecular weight excluding hydrogens is 279 g/mol. The first kappa shape index (κ1) is 14.4. The van der Waals surface area contributed by atoms with Crippen molar-refractivity contribution in [1.29, 1.82) is 0 Å². The lowest BCUT2D eigenvalue weighted by atomic mass is 9.92. The minimum atomic E-state index is -4.52. The van der Waals surface area contributed by atoms with Crippen molar-refractivity contribution in [2.45, 2.75) is 45.3 Å². The lowest BCUT2D eigenvalue weighted by Gasteiger charge is -2.18. The van der Waals surface area contributed by atoms with E-state index in [1.54, 1.807) is 0 Å². The van der Waals surface area contributed by atoms with Gasteiger partial charge < -0.3 is 5.32 Å². The van der Waals surface area contributed by atoms with Crippen LogP contribution < -0.4 is 5.32 Å². The Balaban J connectivity index is 2.15. The predicted molar refractivity (Wildman–Crippen MR) is 67.1 cm³/mol. The molecule has 1 N–H and O–H groups in total. The Bertz CT molecular complexity index is 474. The van der Waals surface area contributed by atoms with Gasteiger partial charge in [0.2, 0.25) is 5.28 Å². The van der Waals surface area contributed by atoms with E-state index in [1.165, 1.54) is 0 Å². The molecule has 19 heavy (non-hydrogen) atoms. The van der Waals surface area contributed by atoms with E-state index in [0.29, 0.717) is 0 Å². The zero-order valence-corrected chi connectivity index (χ0v) is 11.4. The Hall–Kier alpha value is -1.04. The van der Waals surface area contributed by atoms with Crippen LogP contribution in [0.25, 0.3) is 0 Å². The predicted octanol–water partition coefficient (Wildman–Crippen LogP) is 4.14. The third-order valence-corrected chi connectivity index (χ3v) is 3.48. The van der Waals surface area contributed by atoms with Crippen molar-refractivity contribution in [3.63, 3.8) is 0 Å². The first-order chi connectivity index (χ1) is 8.66.